The molecule has 7 heteroatoms. The van der Waals surface area contributed by atoms with Gasteiger partial charge in [-0.2, -0.15) is 0 Å². The molecule has 0 saturated heterocycles. The molecule has 35 heavy (non-hydrogen) atoms. The summed E-state index contributed by atoms with van der Waals surface area (Å²) in [6.07, 6.45) is 1.05. The van der Waals surface area contributed by atoms with E-state index in [4.69, 9.17) is 18.9 Å². The molecule has 4 heterocycles. The van der Waals surface area contributed by atoms with E-state index in [9.17, 15) is 4.79 Å². The summed E-state index contributed by atoms with van der Waals surface area (Å²) in [4.78, 5) is 16.4. The number of benzene rings is 3. The van der Waals surface area contributed by atoms with Crippen molar-refractivity contribution >= 4 is 11.6 Å². The summed E-state index contributed by atoms with van der Waals surface area (Å²) in [5.41, 5.74) is 4.24. The van der Waals surface area contributed by atoms with Gasteiger partial charge in [0, 0.05) is 17.8 Å². The second-order valence-electron chi connectivity index (χ2n) is 10.2. The Balaban J connectivity index is 1.29. The largest absolute Gasteiger partial charge is 0.454 e. The molecule has 4 aliphatic heterocycles. The molecule has 3 aromatic carbocycles. The number of fused-ring (bicyclic) bond motifs is 7. The van der Waals surface area contributed by atoms with Gasteiger partial charge in [0.2, 0.25) is 19.5 Å². The molecule has 5 aliphatic rings. The SMILES string of the molecule is CC1CC12NCC1(C(=O)N(Cc3ccc4c(c3)OCO4)c3ccccc31)c1cc3c(cc12)OCO3. The fraction of sp³-hybridized carbons (Fsp3) is 0.321. The number of ether oxygens (including phenoxy) is 4. The molecule has 3 unspecified atom stereocenters. The van der Waals surface area contributed by atoms with Gasteiger partial charge in [-0.15, -0.1) is 0 Å². The summed E-state index contributed by atoms with van der Waals surface area (Å²) in [7, 11) is 0. The van der Waals surface area contributed by atoms with Crippen molar-refractivity contribution in [2.75, 3.05) is 25.0 Å². The van der Waals surface area contributed by atoms with Gasteiger partial charge in [0.25, 0.3) is 0 Å². The van der Waals surface area contributed by atoms with Gasteiger partial charge < -0.3 is 29.2 Å². The van der Waals surface area contributed by atoms with E-state index >= 15 is 0 Å². The molecule has 1 saturated carbocycles. The second-order valence-corrected chi connectivity index (χ2v) is 10.2. The number of hydrogen-bond acceptors (Lipinski definition) is 6. The first-order valence-electron chi connectivity index (χ1n) is 12.1. The lowest BCUT2D eigenvalue weighted by Crippen LogP contribution is -2.55. The molecule has 1 N–H and O–H groups in total. The third-order valence-corrected chi connectivity index (χ3v) is 8.47. The maximum atomic E-state index is 14.5. The Morgan fingerprint density at radius 3 is 2.34 bits per heavy atom. The zero-order chi connectivity index (χ0) is 23.4. The number of amides is 1. The van der Waals surface area contributed by atoms with Crippen molar-refractivity contribution in [1.29, 1.82) is 0 Å². The predicted octanol–water partition coefficient (Wildman–Crippen LogP) is 3.82. The maximum absolute atomic E-state index is 14.5. The van der Waals surface area contributed by atoms with Crippen LogP contribution in [0.5, 0.6) is 23.0 Å². The molecule has 1 aliphatic carbocycles. The van der Waals surface area contributed by atoms with Crippen molar-refractivity contribution in [2.45, 2.75) is 30.8 Å². The standard InChI is InChI=1S/C28H24N2O5/c1-16-11-28(16)20-10-25-24(34-15-35-25)9-19(20)27(13-29-28)18-4-2-3-5-21(18)30(26(27)31)12-17-6-7-22-23(8-17)33-14-32-22/h2-10,16,29H,11-15H2,1H3. The fourth-order valence-corrected chi connectivity index (χ4v) is 6.53. The van der Waals surface area contributed by atoms with Gasteiger partial charge in [-0.3, -0.25) is 4.79 Å². The van der Waals surface area contributed by atoms with Crippen LogP contribution < -0.4 is 29.2 Å². The predicted molar refractivity (Wildman–Crippen MR) is 127 cm³/mol. The summed E-state index contributed by atoms with van der Waals surface area (Å²) in [6, 6.07) is 18.2. The Morgan fingerprint density at radius 2 is 1.57 bits per heavy atom. The molecule has 3 aromatic rings. The van der Waals surface area contributed by atoms with E-state index in [1.54, 1.807) is 0 Å². The van der Waals surface area contributed by atoms with E-state index in [0.717, 1.165) is 51.6 Å². The highest BCUT2D eigenvalue weighted by molar-refractivity contribution is 6.11. The van der Waals surface area contributed by atoms with E-state index in [1.165, 1.54) is 0 Å². The van der Waals surface area contributed by atoms with Crippen LogP contribution in [0.2, 0.25) is 0 Å². The zero-order valence-electron chi connectivity index (χ0n) is 19.3. The molecule has 1 amide bonds. The topological polar surface area (TPSA) is 69.3 Å². The van der Waals surface area contributed by atoms with Crippen LogP contribution in [0.1, 0.15) is 35.6 Å². The Bertz CT molecular complexity index is 1440. The summed E-state index contributed by atoms with van der Waals surface area (Å²) in [6.45, 7) is 3.71. The zero-order valence-corrected chi connectivity index (χ0v) is 19.3. The van der Waals surface area contributed by atoms with Crippen molar-refractivity contribution in [3.63, 3.8) is 0 Å². The summed E-state index contributed by atoms with van der Waals surface area (Å²) in [5, 5.41) is 3.81. The van der Waals surface area contributed by atoms with E-state index in [2.05, 4.69) is 30.4 Å². The minimum Gasteiger partial charge on any atom is -0.454 e. The van der Waals surface area contributed by atoms with Crippen molar-refractivity contribution < 1.29 is 23.7 Å². The van der Waals surface area contributed by atoms with Crippen LogP contribution in [-0.2, 0) is 22.3 Å². The highest BCUT2D eigenvalue weighted by Crippen LogP contribution is 2.61. The van der Waals surface area contributed by atoms with Crippen molar-refractivity contribution in [3.8, 4) is 23.0 Å². The molecule has 2 spiro atoms. The van der Waals surface area contributed by atoms with E-state index in [-0.39, 0.29) is 25.0 Å². The monoisotopic (exact) mass is 468 g/mol. The fourth-order valence-electron chi connectivity index (χ4n) is 6.53. The normalized spacial score (nSPS) is 28.5. The number of hydrogen-bond donors (Lipinski definition) is 1. The first-order valence-corrected chi connectivity index (χ1v) is 12.1. The molecule has 176 valence electrons. The van der Waals surface area contributed by atoms with E-state index in [1.807, 2.05) is 41.3 Å². The summed E-state index contributed by atoms with van der Waals surface area (Å²) >= 11 is 0. The highest BCUT2D eigenvalue weighted by Gasteiger charge is 2.63. The molecule has 0 bridgehead atoms. The maximum Gasteiger partial charge on any atom is 0.243 e. The first-order chi connectivity index (χ1) is 17.1. The minimum atomic E-state index is -0.823. The molecule has 1 fully saturated rings. The molecule has 0 radical (unpaired) electrons. The van der Waals surface area contributed by atoms with Gasteiger partial charge in [-0.1, -0.05) is 31.2 Å². The van der Waals surface area contributed by atoms with Gasteiger partial charge in [0.05, 0.1) is 6.54 Å². The van der Waals surface area contributed by atoms with Gasteiger partial charge in [0.15, 0.2) is 23.0 Å². The van der Waals surface area contributed by atoms with Gasteiger partial charge in [-0.05, 0) is 64.9 Å². The minimum absolute atomic E-state index is 0.0761. The Labute approximate surface area is 202 Å². The lowest BCUT2D eigenvalue weighted by Gasteiger charge is -2.40. The van der Waals surface area contributed by atoms with Crippen molar-refractivity contribution in [3.05, 3.63) is 76.9 Å². The molecular weight excluding hydrogens is 444 g/mol. The number of nitrogens with one attached hydrogen (secondary N) is 1. The van der Waals surface area contributed by atoms with E-state index < -0.39 is 5.41 Å². The van der Waals surface area contributed by atoms with Crippen LogP contribution in [0.3, 0.4) is 0 Å². The van der Waals surface area contributed by atoms with Gasteiger partial charge >= 0.3 is 0 Å². The number of para-hydroxylation sites is 1. The number of carbonyl (C=O) groups excluding carboxylic acids is 1. The third kappa shape index (κ3) is 2.41. The quantitative estimate of drug-likeness (QED) is 0.617. The average molecular weight is 469 g/mol. The number of anilines is 1. The number of rotatable bonds is 2. The summed E-state index contributed by atoms with van der Waals surface area (Å²) < 4.78 is 22.6. The highest BCUT2D eigenvalue weighted by atomic mass is 16.7. The third-order valence-electron chi connectivity index (χ3n) is 8.47. The Hall–Kier alpha value is -3.71. The molecule has 3 atom stereocenters. The van der Waals surface area contributed by atoms with Crippen LogP contribution >= 0.6 is 0 Å². The smallest absolute Gasteiger partial charge is 0.243 e. The number of carbonyl (C=O) groups is 1. The lowest BCUT2D eigenvalue weighted by atomic mass is 9.69. The number of nitrogens with zero attached hydrogens (tertiary/aromatic N) is 1. The molecule has 8 rings (SSSR count). The Morgan fingerprint density at radius 1 is 0.886 bits per heavy atom. The van der Waals surface area contributed by atoms with Gasteiger partial charge in [-0.25, -0.2) is 0 Å². The summed E-state index contributed by atoms with van der Waals surface area (Å²) in [5.74, 6) is 3.51. The van der Waals surface area contributed by atoms with Crippen LogP contribution in [0.25, 0.3) is 0 Å². The lowest BCUT2D eigenvalue weighted by molar-refractivity contribution is -0.122. The molecule has 0 aromatic heterocycles. The van der Waals surface area contributed by atoms with Crippen molar-refractivity contribution in [1.82, 2.24) is 5.32 Å². The first kappa shape index (κ1) is 19.6. The van der Waals surface area contributed by atoms with E-state index in [0.29, 0.717) is 24.8 Å². The van der Waals surface area contributed by atoms with Crippen LogP contribution in [0.4, 0.5) is 5.69 Å². The molecular formula is C28H24N2O5. The van der Waals surface area contributed by atoms with Crippen LogP contribution in [-0.4, -0.2) is 26.0 Å². The van der Waals surface area contributed by atoms with Gasteiger partial charge in [0.1, 0.15) is 5.41 Å². The van der Waals surface area contributed by atoms with Crippen LogP contribution in [0, 0.1) is 5.92 Å². The Kier molecular flexibility index (Phi) is 3.63. The average Bonchev–Trinajstić information content (AvgIpc) is 3.25. The van der Waals surface area contributed by atoms with Crippen molar-refractivity contribution in [2.24, 2.45) is 5.92 Å². The molecule has 7 nitrogen and oxygen atoms in total. The van der Waals surface area contributed by atoms with Crippen LogP contribution in [0.15, 0.2) is 54.6 Å². The second kappa shape index (κ2) is 6.49.